The average molecular weight is 432 g/mol. The third-order valence-corrected chi connectivity index (χ3v) is 5.82. The molecule has 3 heterocycles. The molecule has 8 heteroatoms. The molecule has 1 saturated heterocycles. The van der Waals surface area contributed by atoms with E-state index in [1.807, 2.05) is 12.1 Å². The molecule has 27 heavy (non-hydrogen) atoms. The normalized spacial score (nSPS) is 17.4. The molecule has 0 aliphatic carbocycles. The highest BCUT2D eigenvalue weighted by Gasteiger charge is 2.33. The van der Waals surface area contributed by atoms with Crippen molar-refractivity contribution in [2.45, 2.75) is 31.5 Å². The zero-order valence-electron chi connectivity index (χ0n) is 15.2. The van der Waals surface area contributed by atoms with Crippen LogP contribution in [0, 0.1) is 0 Å². The van der Waals surface area contributed by atoms with Crippen LogP contribution in [-0.4, -0.2) is 48.0 Å². The minimum absolute atomic E-state index is 0.154. The van der Waals surface area contributed by atoms with Crippen LogP contribution >= 0.6 is 15.9 Å². The second kappa shape index (κ2) is 7.18. The number of halogens is 1. The van der Waals surface area contributed by atoms with E-state index in [1.165, 1.54) is 22.7 Å². The number of aromatic nitrogens is 4. The van der Waals surface area contributed by atoms with Crippen molar-refractivity contribution in [2.24, 2.45) is 7.05 Å². The van der Waals surface area contributed by atoms with Gasteiger partial charge in [0.05, 0.1) is 18.3 Å². The summed E-state index contributed by atoms with van der Waals surface area (Å²) in [4.78, 5) is 19.3. The van der Waals surface area contributed by atoms with Gasteiger partial charge in [-0.3, -0.25) is 18.9 Å². The summed E-state index contributed by atoms with van der Waals surface area (Å²) in [5, 5.41) is 15.6. The quantitative estimate of drug-likeness (QED) is 0.682. The lowest BCUT2D eigenvalue weighted by molar-refractivity contribution is -0.0364. The Morgan fingerprint density at radius 3 is 2.63 bits per heavy atom. The van der Waals surface area contributed by atoms with Crippen LogP contribution < -0.4 is 5.56 Å². The molecule has 4 rings (SSSR count). The summed E-state index contributed by atoms with van der Waals surface area (Å²) in [6.07, 6.45) is 4.30. The number of aliphatic hydroxyl groups is 1. The largest absolute Gasteiger partial charge is 0.388 e. The summed E-state index contributed by atoms with van der Waals surface area (Å²) in [6.45, 7) is 2.72. The number of fused-ring (bicyclic) bond motifs is 1. The van der Waals surface area contributed by atoms with Crippen LogP contribution in [0.1, 0.15) is 18.4 Å². The number of benzene rings is 1. The SMILES string of the molecule is Cn1ncc2c(=O)n(CC3(O)CCN(Cc4ccc(Br)cc4)CC3)cnc21. The Balaban J connectivity index is 1.43. The number of rotatable bonds is 4. The highest BCUT2D eigenvalue weighted by molar-refractivity contribution is 9.10. The molecule has 0 radical (unpaired) electrons. The van der Waals surface area contributed by atoms with E-state index in [9.17, 15) is 9.90 Å². The van der Waals surface area contributed by atoms with Gasteiger partial charge in [-0.15, -0.1) is 0 Å². The molecule has 0 atom stereocenters. The topological polar surface area (TPSA) is 76.2 Å². The van der Waals surface area contributed by atoms with Crippen LogP contribution in [0.15, 0.2) is 46.1 Å². The van der Waals surface area contributed by atoms with E-state index in [2.05, 4.69) is 43.0 Å². The van der Waals surface area contributed by atoms with Crippen LogP contribution in [0.5, 0.6) is 0 Å². The van der Waals surface area contributed by atoms with Gasteiger partial charge in [-0.1, -0.05) is 28.1 Å². The highest BCUT2D eigenvalue weighted by Crippen LogP contribution is 2.25. The van der Waals surface area contributed by atoms with Gasteiger partial charge in [0.25, 0.3) is 5.56 Å². The molecule has 1 N–H and O–H groups in total. The third-order valence-electron chi connectivity index (χ3n) is 5.29. The summed E-state index contributed by atoms with van der Waals surface area (Å²) in [5.41, 5.74) is 0.773. The fourth-order valence-corrected chi connectivity index (χ4v) is 3.89. The maximum absolute atomic E-state index is 12.6. The van der Waals surface area contributed by atoms with Gasteiger partial charge in [0.15, 0.2) is 5.65 Å². The molecule has 1 aromatic carbocycles. The van der Waals surface area contributed by atoms with E-state index in [-0.39, 0.29) is 12.1 Å². The predicted octanol–water partition coefficient (Wildman–Crippen LogP) is 1.92. The Kier molecular flexibility index (Phi) is 4.88. The maximum Gasteiger partial charge on any atom is 0.264 e. The molecule has 2 aromatic heterocycles. The van der Waals surface area contributed by atoms with Crippen molar-refractivity contribution in [1.82, 2.24) is 24.2 Å². The minimum Gasteiger partial charge on any atom is -0.388 e. The number of piperidine rings is 1. The van der Waals surface area contributed by atoms with E-state index in [4.69, 9.17) is 0 Å². The summed E-state index contributed by atoms with van der Waals surface area (Å²) >= 11 is 3.45. The molecular weight excluding hydrogens is 410 g/mol. The van der Waals surface area contributed by atoms with Gasteiger partial charge in [0, 0.05) is 31.2 Å². The van der Waals surface area contributed by atoms with Crippen molar-refractivity contribution in [2.75, 3.05) is 13.1 Å². The van der Waals surface area contributed by atoms with E-state index in [0.717, 1.165) is 24.1 Å². The van der Waals surface area contributed by atoms with E-state index < -0.39 is 5.60 Å². The van der Waals surface area contributed by atoms with Crippen molar-refractivity contribution >= 4 is 27.0 Å². The van der Waals surface area contributed by atoms with Crippen LogP contribution in [0.25, 0.3) is 11.0 Å². The molecule has 0 saturated carbocycles. The molecule has 3 aromatic rings. The van der Waals surface area contributed by atoms with Crippen LogP contribution in [0.4, 0.5) is 0 Å². The Hall–Kier alpha value is -2.03. The van der Waals surface area contributed by atoms with Crippen LogP contribution in [0.3, 0.4) is 0 Å². The van der Waals surface area contributed by atoms with Crippen molar-refractivity contribution in [3.8, 4) is 0 Å². The first kappa shape index (κ1) is 18.3. The monoisotopic (exact) mass is 431 g/mol. The molecule has 1 aliphatic rings. The van der Waals surface area contributed by atoms with Crippen molar-refractivity contribution in [1.29, 1.82) is 0 Å². The molecular formula is C19H22BrN5O2. The smallest absolute Gasteiger partial charge is 0.264 e. The predicted molar refractivity (Wildman–Crippen MR) is 106 cm³/mol. The van der Waals surface area contributed by atoms with E-state index >= 15 is 0 Å². The molecule has 7 nitrogen and oxygen atoms in total. The number of hydrogen-bond donors (Lipinski definition) is 1. The molecule has 1 fully saturated rings. The molecule has 0 unspecified atom stereocenters. The molecule has 0 bridgehead atoms. The summed E-state index contributed by atoms with van der Waals surface area (Å²) < 4.78 is 4.16. The van der Waals surface area contributed by atoms with Gasteiger partial charge >= 0.3 is 0 Å². The first-order valence-electron chi connectivity index (χ1n) is 9.00. The van der Waals surface area contributed by atoms with E-state index in [0.29, 0.717) is 23.9 Å². The van der Waals surface area contributed by atoms with Gasteiger partial charge in [-0.2, -0.15) is 5.10 Å². The standard InChI is InChI=1S/C19H22BrN5O2/c1-23-17-16(10-22-23)18(26)25(13-21-17)12-19(27)6-8-24(9-7-19)11-14-2-4-15(20)5-3-14/h2-5,10,13,27H,6-9,11-12H2,1H3. The third kappa shape index (κ3) is 3.83. The average Bonchev–Trinajstić information content (AvgIpc) is 3.03. The lowest BCUT2D eigenvalue weighted by Gasteiger charge is -2.38. The Morgan fingerprint density at radius 1 is 1.22 bits per heavy atom. The van der Waals surface area contributed by atoms with Crippen molar-refractivity contribution < 1.29 is 5.11 Å². The summed E-state index contributed by atoms with van der Waals surface area (Å²) in [7, 11) is 1.76. The van der Waals surface area contributed by atoms with Gasteiger partial charge in [0.1, 0.15) is 11.7 Å². The zero-order chi connectivity index (χ0) is 19.0. The number of likely N-dealkylation sites (tertiary alicyclic amines) is 1. The van der Waals surface area contributed by atoms with Gasteiger partial charge in [-0.05, 0) is 30.5 Å². The fraction of sp³-hybridized carbons (Fsp3) is 0.421. The molecule has 0 amide bonds. The Labute approximate surface area is 165 Å². The van der Waals surface area contributed by atoms with E-state index in [1.54, 1.807) is 11.7 Å². The van der Waals surface area contributed by atoms with Crippen LogP contribution in [0.2, 0.25) is 0 Å². The maximum atomic E-state index is 12.6. The number of hydrogen-bond acceptors (Lipinski definition) is 5. The highest BCUT2D eigenvalue weighted by atomic mass is 79.9. The molecule has 0 spiro atoms. The van der Waals surface area contributed by atoms with Crippen molar-refractivity contribution in [3.63, 3.8) is 0 Å². The Morgan fingerprint density at radius 2 is 1.93 bits per heavy atom. The lowest BCUT2D eigenvalue weighted by Crippen LogP contribution is -2.47. The fourth-order valence-electron chi connectivity index (χ4n) is 3.63. The number of nitrogens with zero attached hydrogens (tertiary/aromatic N) is 5. The van der Waals surface area contributed by atoms with Crippen molar-refractivity contribution in [3.05, 3.63) is 57.2 Å². The minimum atomic E-state index is -0.891. The first-order chi connectivity index (χ1) is 12.9. The zero-order valence-corrected chi connectivity index (χ0v) is 16.8. The lowest BCUT2D eigenvalue weighted by atomic mass is 9.91. The molecule has 142 valence electrons. The van der Waals surface area contributed by atoms with Gasteiger partial charge in [-0.25, -0.2) is 4.98 Å². The molecule has 1 aliphatic heterocycles. The number of aryl methyl sites for hydroxylation is 1. The second-order valence-corrected chi connectivity index (χ2v) is 8.23. The second-order valence-electron chi connectivity index (χ2n) is 7.31. The Bertz CT molecular complexity index is 1000. The van der Waals surface area contributed by atoms with Gasteiger partial charge < -0.3 is 5.11 Å². The first-order valence-corrected chi connectivity index (χ1v) is 9.79. The summed E-state index contributed by atoms with van der Waals surface area (Å²) in [5.74, 6) is 0. The van der Waals surface area contributed by atoms with Gasteiger partial charge in [0.2, 0.25) is 0 Å². The summed E-state index contributed by atoms with van der Waals surface area (Å²) in [6, 6.07) is 8.31. The van der Waals surface area contributed by atoms with Crippen LogP contribution in [-0.2, 0) is 20.1 Å².